The van der Waals surface area contributed by atoms with Crippen LogP contribution in [0.5, 0.6) is 0 Å². The van der Waals surface area contributed by atoms with E-state index in [1.54, 1.807) is 0 Å². The Balaban J connectivity index is 1.31. The van der Waals surface area contributed by atoms with Gasteiger partial charge >= 0.3 is 0 Å². The number of nitrogens with one attached hydrogen (secondary N) is 1. The minimum atomic E-state index is -0.0872. The Labute approximate surface area is 199 Å². The maximum absolute atomic E-state index is 13.2. The lowest BCUT2D eigenvalue weighted by molar-refractivity contribution is -0.113. The summed E-state index contributed by atoms with van der Waals surface area (Å²) in [4.78, 5) is 34.8. The van der Waals surface area contributed by atoms with Gasteiger partial charge in [-0.1, -0.05) is 29.8 Å². The first-order valence-corrected chi connectivity index (χ1v) is 12.1. The van der Waals surface area contributed by atoms with Crippen molar-refractivity contribution in [3.05, 3.63) is 89.7 Å². The van der Waals surface area contributed by atoms with Gasteiger partial charge in [0, 0.05) is 55.7 Å². The predicted octanol–water partition coefficient (Wildman–Crippen LogP) is 4.08. The molecule has 2 aromatic carbocycles. The lowest BCUT2D eigenvalue weighted by atomic mass is 10.1. The number of aromatic nitrogens is 1. The molecule has 4 rings (SSSR count). The van der Waals surface area contributed by atoms with E-state index >= 15 is 0 Å². The number of piperazine rings is 1. The Morgan fingerprint density at radius 3 is 2.36 bits per heavy atom. The van der Waals surface area contributed by atoms with E-state index in [4.69, 9.17) is 0 Å². The van der Waals surface area contributed by atoms with Gasteiger partial charge in [0.25, 0.3) is 5.91 Å². The lowest BCUT2D eigenvalue weighted by Gasteiger charge is -2.35. The van der Waals surface area contributed by atoms with E-state index in [2.05, 4.69) is 15.2 Å². The zero-order valence-electron chi connectivity index (χ0n) is 18.7. The number of thioether (sulfide) groups is 1. The van der Waals surface area contributed by atoms with E-state index in [-0.39, 0.29) is 17.6 Å². The standard InChI is InChI=1S/C26H28N4O2S/c1-20-6-8-22(9-7-20)28-25(31)19-33-24-5-3-2-4-23(24)26(32)30-16-14-29(15-17-30)18-21-10-12-27-13-11-21/h2-13H,14-19H2,1H3,(H,28,31). The first kappa shape index (κ1) is 23.0. The minimum absolute atomic E-state index is 0.0283. The molecular formula is C26H28N4O2S. The molecule has 3 aromatic rings. The van der Waals surface area contributed by atoms with Gasteiger partial charge in [0.05, 0.1) is 11.3 Å². The fraction of sp³-hybridized carbons (Fsp3) is 0.269. The number of carbonyl (C=O) groups is 2. The molecule has 1 N–H and O–H groups in total. The van der Waals surface area contributed by atoms with Crippen molar-refractivity contribution < 1.29 is 9.59 Å². The summed E-state index contributed by atoms with van der Waals surface area (Å²) in [5.41, 5.74) is 3.82. The van der Waals surface area contributed by atoms with Crippen molar-refractivity contribution in [3.8, 4) is 0 Å². The highest BCUT2D eigenvalue weighted by Crippen LogP contribution is 2.25. The summed E-state index contributed by atoms with van der Waals surface area (Å²) < 4.78 is 0. The topological polar surface area (TPSA) is 65.5 Å². The average Bonchev–Trinajstić information content (AvgIpc) is 2.85. The molecule has 0 spiro atoms. The van der Waals surface area contributed by atoms with Crippen LogP contribution in [-0.4, -0.2) is 58.5 Å². The third-order valence-corrected chi connectivity index (χ3v) is 6.70. The summed E-state index contributed by atoms with van der Waals surface area (Å²) >= 11 is 1.40. The van der Waals surface area contributed by atoms with Crippen molar-refractivity contribution in [2.75, 3.05) is 37.2 Å². The number of carbonyl (C=O) groups excluding carboxylic acids is 2. The molecule has 6 nitrogen and oxygen atoms in total. The summed E-state index contributed by atoms with van der Waals surface area (Å²) in [6.07, 6.45) is 3.62. The van der Waals surface area contributed by atoms with Crippen LogP contribution >= 0.6 is 11.8 Å². The number of pyridine rings is 1. The highest BCUT2D eigenvalue weighted by atomic mass is 32.2. The van der Waals surface area contributed by atoms with Gasteiger partial charge in [-0.05, 0) is 48.9 Å². The molecule has 1 saturated heterocycles. The first-order chi connectivity index (χ1) is 16.1. The molecular weight excluding hydrogens is 432 g/mol. The highest BCUT2D eigenvalue weighted by molar-refractivity contribution is 8.00. The SMILES string of the molecule is Cc1ccc(NC(=O)CSc2ccccc2C(=O)N2CCN(Cc3ccncc3)CC2)cc1. The Hall–Kier alpha value is -3.16. The van der Waals surface area contributed by atoms with E-state index in [9.17, 15) is 9.59 Å². The van der Waals surface area contributed by atoms with E-state index in [1.807, 2.05) is 84.9 Å². The number of nitrogens with zero attached hydrogens (tertiary/aromatic N) is 3. The summed E-state index contributed by atoms with van der Waals surface area (Å²) in [5, 5.41) is 2.91. The molecule has 0 atom stereocenters. The van der Waals surface area contributed by atoms with Crippen LogP contribution in [0, 0.1) is 6.92 Å². The van der Waals surface area contributed by atoms with Gasteiger partial charge in [-0.3, -0.25) is 19.5 Å². The Morgan fingerprint density at radius 2 is 1.64 bits per heavy atom. The van der Waals surface area contributed by atoms with Crippen LogP contribution in [0.3, 0.4) is 0 Å². The van der Waals surface area contributed by atoms with E-state index in [1.165, 1.54) is 17.3 Å². The van der Waals surface area contributed by atoms with Gasteiger partial charge in [-0.2, -0.15) is 0 Å². The van der Waals surface area contributed by atoms with Crippen LogP contribution in [0.1, 0.15) is 21.5 Å². The van der Waals surface area contributed by atoms with Gasteiger partial charge in [-0.25, -0.2) is 0 Å². The number of hydrogen-bond acceptors (Lipinski definition) is 5. The van der Waals surface area contributed by atoms with Crippen molar-refractivity contribution in [2.24, 2.45) is 0 Å². The van der Waals surface area contributed by atoms with Crippen molar-refractivity contribution in [1.29, 1.82) is 0 Å². The largest absolute Gasteiger partial charge is 0.336 e. The molecule has 33 heavy (non-hydrogen) atoms. The number of aryl methyl sites for hydroxylation is 1. The molecule has 0 aliphatic carbocycles. The van der Waals surface area contributed by atoms with Gasteiger partial charge in [0.2, 0.25) is 5.91 Å². The normalized spacial score (nSPS) is 14.2. The first-order valence-electron chi connectivity index (χ1n) is 11.1. The molecule has 2 amide bonds. The van der Waals surface area contributed by atoms with Crippen molar-refractivity contribution in [1.82, 2.24) is 14.8 Å². The summed E-state index contributed by atoms with van der Waals surface area (Å²) in [6, 6.07) is 19.3. The van der Waals surface area contributed by atoms with Gasteiger partial charge in [0.1, 0.15) is 0 Å². The Morgan fingerprint density at radius 1 is 0.939 bits per heavy atom. The number of hydrogen-bond donors (Lipinski definition) is 1. The van der Waals surface area contributed by atoms with Crippen LogP contribution in [0.4, 0.5) is 5.69 Å². The van der Waals surface area contributed by atoms with E-state index < -0.39 is 0 Å². The molecule has 170 valence electrons. The predicted molar refractivity (Wildman–Crippen MR) is 132 cm³/mol. The molecule has 0 radical (unpaired) electrons. The van der Waals surface area contributed by atoms with Crippen molar-refractivity contribution >= 4 is 29.3 Å². The second-order valence-electron chi connectivity index (χ2n) is 8.12. The fourth-order valence-electron chi connectivity index (χ4n) is 3.77. The number of benzene rings is 2. The molecule has 1 aliphatic heterocycles. The quantitative estimate of drug-likeness (QED) is 0.538. The second-order valence-corrected chi connectivity index (χ2v) is 9.14. The maximum Gasteiger partial charge on any atom is 0.255 e. The van der Waals surface area contributed by atoms with Crippen molar-refractivity contribution in [2.45, 2.75) is 18.4 Å². The number of amides is 2. The third-order valence-electron chi connectivity index (χ3n) is 5.63. The summed E-state index contributed by atoms with van der Waals surface area (Å²) in [5.74, 6) is 0.189. The van der Waals surface area contributed by atoms with Crippen LogP contribution < -0.4 is 5.32 Å². The van der Waals surface area contributed by atoms with Gasteiger partial charge in [-0.15, -0.1) is 11.8 Å². The monoisotopic (exact) mass is 460 g/mol. The number of rotatable bonds is 7. The van der Waals surface area contributed by atoms with Gasteiger partial charge in [0.15, 0.2) is 0 Å². The highest BCUT2D eigenvalue weighted by Gasteiger charge is 2.24. The lowest BCUT2D eigenvalue weighted by Crippen LogP contribution is -2.48. The van der Waals surface area contributed by atoms with E-state index in [0.717, 1.165) is 35.8 Å². The molecule has 1 fully saturated rings. The number of anilines is 1. The molecule has 7 heteroatoms. The van der Waals surface area contributed by atoms with Crippen LogP contribution in [0.2, 0.25) is 0 Å². The third kappa shape index (κ3) is 6.43. The molecule has 1 aliphatic rings. The van der Waals surface area contributed by atoms with Crippen molar-refractivity contribution in [3.63, 3.8) is 0 Å². The molecule has 2 heterocycles. The Kier molecular flexibility index (Phi) is 7.75. The maximum atomic E-state index is 13.2. The van der Waals surface area contributed by atoms with E-state index in [0.29, 0.717) is 18.7 Å². The van der Waals surface area contributed by atoms with Gasteiger partial charge < -0.3 is 10.2 Å². The fourth-order valence-corrected chi connectivity index (χ4v) is 4.62. The van der Waals surface area contributed by atoms with Crippen LogP contribution in [0.15, 0.2) is 78.0 Å². The zero-order valence-corrected chi connectivity index (χ0v) is 19.6. The minimum Gasteiger partial charge on any atom is -0.336 e. The smallest absolute Gasteiger partial charge is 0.255 e. The average molecular weight is 461 g/mol. The molecule has 1 aromatic heterocycles. The van der Waals surface area contributed by atoms with Crippen LogP contribution in [-0.2, 0) is 11.3 Å². The van der Waals surface area contributed by atoms with Crippen LogP contribution in [0.25, 0.3) is 0 Å². The Bertz CT molecular complexity index is 1080. The molecule has 0 bridgehead atoms. The summed E-state index contributed by atoms with van der Waals surface area (Å²) in [6.45, 7) is 5.93. The molecule has 0 unspecified atom stereocenters. The molecule has 0 saturated carbocycles. The zero-order chi connectivity index (χ0) is 23.0. The second kappa shape index (κ2) is 11.1. The summed E-state index contributed by atoms with van der Waals surface area (Å²) in [7, 11) is 0.